The summed E-state index contributed by atoms with van der Waals surface area (Å²) in [6, 6.07) is 3.93. The third-order valence-electron chi connectivity index (χ3n) is 3.85. The van der Waals surface area contributed by atoms with Crippen LogP contribution in [0.4, 0.5) is 0 Å². The van der Waals surface area contributed by atoms with Crippen LogP contribution in [0.3, 0.4) is 0 Å². The van der Waals surface area contributed by atoms with Crippen LogP contribution in [-0.4, -0.2) is 28.5 Å². The summed E-state index contributed by atoms with van der Waals surface area (Å²) in [7, 11) is 0. The maximum Gasteiger partial charge on any atom is 0.246 e. The minimum Gasteiger partial charge on any atom is -0.478 e. The van der Waals surface area contributed by atoms with Crippen LogP contribution in [0.25, 0.3) is 11.2 Å². The van der Waals surface area contributed by atoms with Crippen molar-refractivity contribution in [3.8, 4) is 0 Å². The summed E-state index contributed by atoms with van der Waals surface area (Å²) < 4.78 is 11.6. The molecule has 1 unspecified atom stereocenters. The molecular weight excluding hydrogens is 278 g/mol. The van der Waals surface area contributed by atoms with E-state index in [2.05, 4.69) is 44.6 Å². The minimum absolute atomic E-state index is 0.0412. The zero-order valence-electron chi connectivity index (χ0n) is 13.9. The van der Waals surface area contributed by atoms with Gasteiger partial charge in [-0.15, -0.1) is 0 Å². The van der Waals surface area contributed by atoms with Crippen molar-refractivity contribution in [2.45, 2.75) is 52.5 Å². The quantitative estimate of drug-likeness (QED) is 0.866. The van der Waals surface area contributed by atoms with Gasteiger partial charge in [-0.3, -0.25) is 0 Å². The third-order valence-corrected chi connectivity index (χ3v) is 3.85. The lowest BCUT2D eigenvalue weighted by molar-refractivity contribution is 0.255. The van der Waals surface area contributed by atoms with Crippen molar-refractivity contribution >= 4 is 17.1 Å². The highest BCUT2D eigenvalue weighted by Gasteiger charge is 2.35. The van der Waals surface area contributed by atoms with Gasteiger partial charge < -0.3 is 9.15 Å². The van der Waals surface area contributed by atoms with E-state index in [0.29, 0.717) is 18.2 Å². The zero-order valence-corrected chi connectivity index (χ0v) is 13.9. The number of rotatable bonds is 3. The highest BCUT2D eigenvalue weighted by Crippen LogP contribution is 2.33. The summed E-state index contributed by atoms with van der Waals surface area (Å²) >= 11 is 0. The molecule has 2 aromatic rings. The lowest BCUT2D eigenvalue weighted by Gasteiger charge is -2.22. The highest BCUT2D eigenvalue weighted by molar-refractivity contribution is 5.82. The monoisotopic (exact) mass is 301 g/mol. The molecule has 0 aromatic carbocycles. The van der Waals surface area contributed by atoms with Gasteiger partial charge in [0.25, 0.3) is 0 Å². The Morgan fingerprint density at radius 2 is 2.00 bits per heavy atom. The van der Waals surface area contributed by atoms with Crippen molar-refractivity contribution in [3.05, 3.63) is 24.2 Å². The molecule has 3 rings (SSSR count). The molecule has 0 saturated heterocycles. The number of hydrogen-bond donors (Lipinski definition) is 0. The number of pyridine rings is 1. The first-order chi connectivity index (χ1) is 10.3. The first kappa shape index (κ1) is 15.0. The lowest BCUT2D eigenvalue weighted by Crippen LogP contribution is -2.25. The number of nitrogens with zero attached hydrogens (tertiary/aromatic N) is 3. The zero-order chi connectivity index (χ0) is 16.0. The molecule has 0 N–H and O–H groups in total. The molecule has 0 radical (unpaired) electrons. The van der Waals surface area contributed by atoms with Gasteiger partial charge in [0.05, 0.1) is 6.04 Å². The van der Waals surface area contributed by atoms with E-state index in [-0.39, 0.29) is 16.9 Å². The summed E-state index contributed by atoms with van der Waals surface area (Å²) in [5, 5.41) is 0. The Labute approximate surface area is 130 Å². The Kier molecular flexibility index (Phi) is 3.46. The summed E-state index contributed by atoms with van der Waals surface area (Å²) in [5.41, 5.74) is 1.13. The highest BCUT2D eigenvalue weighted by atomic mass is 16.5. The Morgan fingerprint density at radius 1 is 1.23 bits per heavy atom. The number of oxazole rings is 1. The van der Waals surface area contributed by atoms with Crippen molar-refractivity contribution in [1.29, 1.82) is 0 Å². The van der Waals surface area contributed by atoms with E-state index in [1.54, 1.807) is 6.20 Å². The summed E-state index contributed by atoms with van der Waals surface area (Å²) in [4.78, 5) is 13.5. The molecule has 22 heavy (non-hydrogen) atoms. The average Bonchev–Trinajstić information content (AvgIpc) is 3.03. The summed E-state index contributed by atoms with van der Waals surface area (Å²) in [5.74, 6) is 1.55. The van der Waals surface area contributed by atoms with Crippen LogP contribution in [0.2, 0.25) is 0 Å². The number of ether oxygens (including phenoxy) is 1. The van der Waals surface area contributed by atoms with E-state index in [4.69, 9.17) is 14.1 Å². The normalized spacial score (nSPS) is 19.3. The average molecular weight is 301 g/mol. The van der Waals surface area contributed by atoms with Crippen molar-refractivity contribution in [2.24, 2.45) is 10.4 Å². The molecule has 0 aliphatic carbocycles. The Balaban J connectivity index is 1.80. The molecule has 0 bridgehead atoms. The smallest absolute Gasteiger partial charge is 0.246 e. The van der Waals surface area contributed by atoms with Crippen LogP contribution >= 0.6 is 0 Å². The van der Waals surface area contributed by atoms with Gasteiger partial charge in [0.2, 0.25) is 11.6 Å². The van der Waals surface area contributed by atoms with E-state index < -0.39 is 0 Å². The van der Waals surface area contributed by atoms with Crippen LogP contribution < -0.4 is 0 Å². The molecule has 0 saturated carbocycles. The van der Waals surface area contributed by atoms with Crippen molar-refractivity contribution in [1.82, 2.24) is 9.97 Å². The van der Waals surface area contributed by atoms with Crippen molar-refractivity contribution in [3.63, 3.8) is 0 Å². The summed E-state index contributed by atoms with van der Waals surface area (Å²) in [6.07, 6.45) is 2.55. The number of aromatic nitrogens is 2. The van der Waals surface area contributed by atoms with Gasteiger partial charge in [-0.05, 0) is 18.6 Å². The molecule has 5 nitrogen and oxygen atoms in total. The Bertz CT molecular complexity index is 677. The van der Waals surface area contributed by atoms with E-state index in [0.717, 1.165) is 17.8 Å². The molecule has 0 fully saturated rings. The largest absolute Gasteiger partial charge is 0.478 e. The second-order valence-electron chi connectivity index (χ2n) is 7.58. The first-order valence-electron chi connectivity index (χ1n) is 7.69. The van der Waals surface area contributed by atoms with Crippen LogP contribution in [0.5, 0.6) is 0 Å². The predicted octanol–water partition coefficient (Wildman–Crippen LogP) is 3.73. The van der Waals surface area contributed by atoms with E-state index >= 15 is 0 Å². The van der Waals surface area contributed by atoms with Gasteiger partial charge in [0.1, 0.15) is 12.1 Å². The van der Waals surface area contributed by atoms with E-state index in [1.165, 1.54) is 0 Å². The van der Waals surface area contributed by atoms with Crippen molar-refractivity contribution in [2.75, 3.05) is 6.61 Å². The SMILES string of the molecule is CC(C)(C)C1=NC(CC(C)(C)c2nc3cccnc3o2)CO1. The topological polar surface area (TPSA) is 60.5 Å². The molecule has 0 spiro atoms. The van der Waals surface area contributed by atoms with Gasteiger partial charge >= 0.3 is 0 Å². The summed E-state index contributed by atoms with van der Waals surface area (Å²) in [6.45, 7) is 11.2. The fraction of sp³-hybridized carbons (Fsp3) is 0.588. The van der Waals surface area contributed by atoms with Gasteiger partial charge in [-0.25, -0.2) is 15.0 Å². The molecule has 5 heteroatoms. The Hall–Kier alpha value is -1.91. The third kappa shape index (κ3) is 2.85. The molecule has 2 aromatic heterocycles. The maximum absolute atomic E-state index is 5.83. The molecule has 1 aliphatic heterocycles. The van der Waals surface area contributed by atoms with Gasteiger partial charge in [0, 0.05) is 17.0 Å². The second-order valence-corrected chi connectivity index (χ2v) is 7.58. The second kappa shape index (κ2) is 5.07. The predicted molar refractivity (Wildman–Crippen MR) is 86.1 cm³/mol. The molecule has 3 heterocycles. The lowest BCUT2D eigenvalue weighted by atomic mass is 9.86. The van der Waals surface area contributed by atoms with Crippen molar-refractivity contribution < 1.29 is 9.15 Å². The van der Waals surface area contributed by atoms with Gasteiger partial charge in [0.15, 0.2) is 5.90 Å². The molecule has 0 amide bonds. The molecular formula is C17H23N3O2. The van der Waals surface area contributed by atoms with Crippen LogP contribution in [0, 0.1) is 5.41 Å². The number of fused-ring (bicyclic) bond motifs is 1. The number of hydrogen-bond acceptors (Lipinski definition) is 5. The van der Waals surface area contributed by atoms with E-state index in [9.17, 15) is 0 Å². The maximum atomic E-state index is 5.83. The van der Waals surface area contributed by atoms with Crippen LogP contribution in [-0.2, 0) is 10.2 Å². The molecule has 1 atom stereocenters. The standard InChI is InChI=1S/C17H23N3O2/c1-16(2,3)14-19-11(10-21-14)9-17(4,5)15-20-12-7-6-8-18-13(12)22-15/h6-8,11H,9-10H2,1-5H3. The van der Waals surface area contributed by atoms with Gasteiger partial charge in [-0.1, -0.05) is 34.6 Å². The minimum atomic E-state index is -0.217. The molecule has 118 valence electrons. The Morgan fingerprint density at radius 3 is 2.64 bits per heavy atom. The van der Waals surface area contributed by atoms with Crippen LogP contribution in [0.1, 0.15) is 46.9 Å². The fourth-order valence-electron chi connectivity index (χ4n) is 2.67. The number of aliphatic imine (C=N–C) groups is 1. The first-order valence-corrected chi connectivity index (χ1v) is 7.69. The molecule has 1 aliphatic rings. The van der Waals surface area contributed by atoms with Gasteiger partial charge in [-0.2, -0.15) is 0 Å². The van der Waals surface area contributed by atoms with E-state index in [1.807, 2.05) is 12.1 Å². The fourth-order valence-corrected chi connectivity index (χ4v) is 2.67. The van der Waals surface area contributed by atoms with Crippen LogP contribution in [0.15, 0.2) is 27.7 Å².